The van der Waals surface area contributed by atoms with E-state index in [2.05, 4.69) is 42.2 Å². The fourth-order valence-corrected chi connectivity index (χ4v) is 2.71. The summed E-state index contributed by atoms with van der Waals surface area (Å²) in [4.78, 5) is 26.9. The van der Waals surface area contributed by atoms with Gasteiger partial charge in [0, 0.05) is 17.2 Å². The van der Waals surface area contributed by atoms with E-state index in [4.69, 9.17) is 5.11 Å². The number of pyridine rings is 1. The van der Waals surface area contributed by atoms with Gasteiger partial charge in [-0.15, -0.1) is 0 Å². The van der Waals surface area contributed by atoms with Gasteiger partial charge in [0.1, 0.15) is 5.69 Å². The molecular formula is C12H14Br2N2O3. The molecule has 1 aromatic heterocycles. The number of nitrogens with zero attached hydrogens (tertiary/aromatic N) is 1. The zero-order valence-electron chi connectivity index (χ0n) is 10.3. The molecule has 1 heterocycles. The highest BCUT2D eigenvalue weighted by atomic mass is 79.9. The standard InChI is InChI=1S/C12H14Br2N2O3/c1-2-3-7(12(18)19)5-16-11(17)10-9(14)4-8(13)6-15-10/h4,6-7H,2-3,5H2,1H3,(H,16,17)(H,18,19). The van der Waals surface area contributed by atoms with Crippen LogP contribution < -0.4 is 5.32 Å². The molecule has 0 bridgehead atoms. The van der Waals surface area contributed by atoms with E-state index in [1.54, 1.807) is 6.07 Å². The third-order valence-corrected chi connectivity index (χ3v) is 3.56. The fourth-order valence-electron chi connectivity index (χ4n) is 1.54. The van der Waals surface area contributed by atoms with Crippen molar-refractivity contribution in [2.75, 3.05) is 6.54 Å². The molecule has 1 aromatic rings. The van der Waals surface area contributed by atoms with Crippen LogP contribution in [0.2, 0.25) is 0 Å². The Morgan fingerprint density at radius 2 is 2.16 bits per heavy atom. The first-order valence-corrected chi connectivity index (χ1v) is 7.36. The summed E-state index contributed by atoms with van der Waals surface area (Å²) in [5, 5.41) is 11.6. The number of carboxylic acid groups (broad SMARTS) is 1. The van der Waals surface area contributed by atoms with Crippen molar-refractivity contribution < 1.29 is 14.7 Å². The van der Waals surface area contributed by atoms with Crippen molar-refractivity contribution in [1.29, 1.82) is 0 Å². The number of carbonyl (C=O) groups is 2. The van der Waals surface area contributed by atoms with Crippen molar-refractivity contribution in [1.82, 2.24) is 10.3 Å². The van der Waals surface area contributed by atoms with Gasteiger partial charge in [-0.25, -0.2) is 4.98 Å². The van der Waals surface area contributed by atoms with Gasteiger partial charge in [-0.1, -0.05) is 13.3 Å². The molecule has 0 aliphatic carbocycles. The molecule has 0 saturated heterocycles. The van der Waals surface area contributed by atoms with Crippen LogP contribution >= 0.6 is 31.9 Å². The monoisotopic (exact) mass is 392 g/mol. The lowest BCUT2D eigenvalue weighted by molar-refractivity contribution is -0.141. The van der Waals surface area contributed by atoms with Gasteiger partial charge in [-0.05, 0) is 44.3 Å². The maximum absolute atomic E-state index is 11.9. The SMILES string of the molecule is CCCC(CNC(=O)c1ncc(Br)cc1Br)C(=O)O. The number of amides is 1. The van der Waals surface area contributed by atoms with Gasteiger partial charge in [-0.3, -0.25) is 9.59 Å². The summed E-state index contributed by atoms with van der Waals surface area (Å²) < 4.78 is 1.31. The Bertz CT molecular complexity index is 480. The van der Waals surface area contributed by atoms with Gasteiger partial charge in [0.15, 0.2) is 0 Å². The van der Waals surface area contributed by atoms with Crippen LogP contribution in [0.1, 0.15) is 30.3 Å². The first kappa shape index (κ1) is 16.1. The van der Waals surface area contributed by atoms with E-state index in [9.17, 15) is 9.59 Å². The van der Waals surface area contributed by atoms with Gasteiger partial charge < -0.3 is 10.4 Å². The second kappa shape index (κ2) is 7.59. The number of nitrogens with one attached hydrogen (secondary N) is 1. The number of rotatable bonds is 6. The van der Waals surface area contributed by atoms with Crippen LogP contribution in [-0.2, 0) is 4.79 Å². The summed E-state index contributed by atoms with van der Waals surface area (Å²) in [5.41, 5.74) is 0.240. The largest absolute Gasteiger partial charge is 0.481 e. The molecule has 7 heteroatoms. The highest BCUT2D eigenvalue weighted by Crippen LogP contribution is 2.19. The van der Waals surface area contributed by atoms with Crippen molar-refractivity contribution in [3.8, 4) is 0 Å². The van der Waals surface area contributed by atoms with E-state index < -0.39 is 11.9 Å². The van der Waals surface area contributed by atoms with E-state index >= 15 is 0 Å². The van der Waals surface area contributed by atoms with Crippen LogP contribution in [0.25, 0.3) is 0 Å². The number of hydrogen-bond donors (Lipinski definition) is 2. The van der Waals surface area contributed by atoms with Crippen LogP contribution in [0.5, 0.6) is 0 Å². The molecule has 0 spiro atoms. The van der Waals surface area contributed by atoms with Crippen molar-refractivity contribution in [2.45, 2.75) is 19.8 Å². The maximum atomic E-state index is 11.9. The molecule has 0 aliphatic rings. The predicted octanol–water partition coefficient (Wildman–Crippen LogP) is 2.84. The van der Waals surface area contributed by atoms with E-state index in [1.165, 1.54) is 6.20 Å². The minimum atomic E-state index is -0.898. The second-order valence-corrected chi connectivity index (χ2v) is 5.79. The Kier molecular flexibility index (Phi) is 6.44. The van der Waals surface area contributed by atoms with Crippen molar-refractivity contribution in [3.63, 3.8) is 0 Å². The Morgan fingerprint density at radius 1 is 1.47 bits per heavy atom. The van der Waals surface area contributed by atoms with Gasteiger partial charge >= 0.3 is 5.97 Å². The quantitative estimate of drug-likeness (QED) is 0.778. The van der Waals surface area contributed by atoms with Crippen molar-refractivity contribution in [2.24, 2.45) is 5.92 Å². The molecule has 5 nitrogen and oxygen atoms in total. The van der Waals surface area contributed by atoms with E-state index in [0.29, 0.717) is 10.9 Å². The lowest BCUT2D eigenvalue weighted by Crippen LogP contribution is -2.33. The minimum Gasteiger partial charge on any atom is -0.481 e. The van der Waals surface area contributed by atoms with E-state index in [0.717, 1.165) is 10.9 Å². The minimum absolute atomic E-state index is 0.103. The predicted molar refractivity (Wildman–Crippen MR) is 78.0 cm³/mol. The molecule has 0 radical (unpaired) electrons. The van der Waals surface area contributed by atoms with E-state index in [-0.39, 0.29) is 18.1 Å². The Hall–Kier alpha value is -0.950. The number of carbonyl (C=O) groups excluding carboxylic acids is 1. The first-order valence-electron chi connectivity index (χ1n) is 5.77. The summed E-state index contributed by atoms with van der Waals surface area (Å²) >= 11 is 6.49. The number of aromatic nitrogens is 1. The van der Waals surface area contributed by atoms with Crippen LogP contribution in [0, 0.1) is 5.92 Å². The summed E-state index contributed by atoms with van der Waals surface area (Å²) in [6, 6.07) is 1.71. The summed E-state index contributed by atoms with van der Waals surface area (Å²) in [7, 11) is 0. The molecule has 2 N–H and O–H groups in total. The van der Waals surface area contributed by atoms with Gasteiger partial charge in [-0.2, -0.15) is 0 Å². The molecule has 0 saturated carbocycles. The molecule has 0 aliphatic heterocycles. The average molecular weight is 394 g/mol. The lowest BCUT2D eigenvalue weighted by atomic mass is 10.0. The average Bonchev–Trinajstić information content (AvgIpc) is 2.33. The summed E-state index contributed by atoms with van der Waals surface area (Å²) in [6.07, 6.45) is 2.80. The smallest absolute Gasteiger partial charge is 0.308 e. The zero-order valence-corrected chi connectivity index (χ0v) is 13.5. The molecule has 19 heavy (non-hydrogen) atoms. The molecular weight excluding hydrogens is 380 g/mol. The molecule has 0 aromatic carbocycles. The van der Waals surface area contributed by atoms with Crippen LogP contribution in [0.3, 0.4) is 0 Å². The zero-order chi connectivity index (χ0) is 14.4. The third-order valence-electron chi connectivity index (χ3n) is 2.52. The Labute approximate surface area is 128 Å². The van der Waals surface area contributed by atoms with Crippen molar-refractivity contribution >= 4 is 43.7 Å². The van der Waals surface area contributed by atoms with Gasteiger partial charge in [0.2, 0.25) is 0 Å². The lowest BCUT2D eigenvalue weighted by Gasteiger charge is -2.12. The maximum Gasteiger partial charge on any atom is 0.308 e. The normalized spacial score (nSPS) is 11.9. The first-order chi connectivity index (χ1) is 8.95. The van der Waals surface area contributed by atoms with Crippen LogP contribution in [0.15, 0.2) is 21.2 Å². The second-order valence-electron chi connectivity index (χ2n) is 4.02. The highest BCUT2D eigenvalue weighted by Gasteiger charge is 2.19. The van der Waals surface area contributed by atoms with Gasteiger partial charge in [0.25, 0.3) is 5.91 Å². The molecule has 0 fully saturated rings. The van der Waals surface area contributed by atoms with E-state index in [1.807, 2.05) is 6.92 Å². The number of aliphatic carboxylic acids is 1. The van der Waals surface area contributed by atoms with Crippen molar-refractivity contribution in [3.05, 3.63) is 26.9 Å². The Balaban J connectivity index is 2.66. The van der Waals surface area contributed by atoms with Crippen LogP contribution in [0.4, 0.5) is 0 Å². The molecule has 1 atom stereocenters. The fraction of sp³-hybridized carbons (Fsp3) is 0.417. The molecule has 1 amide bonds. The third kappa shape index (κ3) is 4.91. The Morgan fingerprint density at radius 3 is 2.68 bits per heavy atom. The topological polar surface area (TPSA) is 79.3 Å². The van der Waals surface area contributed by atoms with Crippen LogP contribution in [-0.4, -0.2) is 28.5 Å². The molecule has 1 unspecified atom stereocenters. The number of halogens is 2. The summed E-state index contributed by atoms with van der Waals surface area (Å²) in [6.45, 7) is 2.01. The summed E-state index contributed by atoms with van der Waals surface area (Å²) in [5.74, 6) is -1.85. The number of carboxylic acids is 1. The molecule has 104 valence electrons. The van der Waals surface area contributed by atoms with Gasteiger partial charge in [0.05, 0.1) is 10.4 Å². The highest BCUT2D eigenvalue weighted by molar-refractivity contribution is 9.11. The molecule has 1 rings (SSSR count). The number of hydrogen-bond acceptors (Lipinski definition) is 3.